The molecule has 0 fully saturated rings. The van der Waals surface area contributed by atoms with E-state index < -0.39 is 29.2 Å². The molecule has 0 aliphatic heterocycles. The molecule has 4 rings (SSSR count). The van der Waals surface area contributed by atoms with E-state index in [2.05, 4.69) is 10.3 Å². The van der Waals surface area contributed by atoms with Gasteiger partial charge >= 0.3 is 5.97 Å². The van der Waals surface area contributed by atoms with Crippen LogP contribution in [0.15, 0.2) is 66.9 Å². The summed E-state index contributed by atoms with van der Waals surface area (Å²) in [6.07, 6.45) is 0.345. The molecule has 10 heteroatoms. The lowest BCUT2D eigenvalue weighted by Crippen LogP contribution is -2.42. The molecule has 0 spiro atoms. The van der Waals surface area contributed by atoms with E-state index in [0.717, 1.165) is 6.07 Å². The van der Waals surface area contributed by atoms with Crippen molar-refractivity contribution in [3.8, 4) is 23.0 Å². The SMILES string of the molecule is COc1cc2nccc(Oc3ccc(NC(=O)C(OC(=O)c4ccccc4Cl)C(C)(C)C)cc3F)c2cc1OC. The first-order valence-electron chi connectivity index (χ1n) is 12.3. The van der Waals surface area contributed by atoms with Gasteiger partial charge in [0.1, 0.15) is 5.75 Å². The molecule has 1 atom stereocenters. The average Bonchev–Trinajstić information content (AvgIpc) is 2.91. The number of amides is 1. The highest BCUT2D eigenvalue weighted by atomic mass is 35.5. The quantitative estimate of drug-likeness (QED) is 0.228. The van der Waals surface area contributed by atoms with Crippen LogP contribution < -0.4 is 19.5 Å². The Morgan fingerprint density at radius 1 is 0.925 bits per heavy atom. The molecule has 4 aromatic rings. The number of benzene rings is 3. The van der Waals surface area contributed by atoms with Crippen molar-refractivity contribution in [1.29, 1.82) is 0 Å². The van der Waals surface area contributed by atoms with Crippen LogP contribution in [0, 0.1) is 11.2 Å². The van der Waals surface area contributed by atoms with Crippen LogP contribution in [0.1, 0.15) is 31.1 Å². The molecule has 1 N–H and O–H groups in total. The number of anilines is 1. The minimum absolute atomic E-state index is 0.0715. The van der Waals surface area contributed by atoms with E-state index in [0.29, 0.717) is 28.2 Å². The Balaban J connectivity index is 1.54. The van der Waals surface area contributed by atoms with Crippen LogP contribution in [0.2, 0.25) is 5.02 Å². The topological polar surface area (TPSA) is 96.0 Å². The van der Waals surface area contributed by atoms with Gasteiger partial charge in [0, 0.05) is 34.8 Å². The summed E-state index contributed by atoms with van der Waals surface area (Å²) in [6, 6.07) is 15.4. The number of hydrogen-bond acceptors (Lipinski definition) is 7. The van der Waals surface area contributed by atoms with Gasteiger partial charge in [0.05, 0.1) is 30.3 Å². The third-order valence-electron chi connectivity index (χ3n) is 5.97. The summed E-state index contributed by atoms with van der Waals surface area (Å²) in [5.74, 6) is -0.842. The zero-order chi connectivity index (χ0) is 29.0. The monoisotopic (exact) mass is 566 g/mol. The van der Waals surface area contributed by atoms with Gasteiger partial charge in [-0.1, -0.05) is 44.5 Å². The molecule has 3 aromatic carbocycles. The van der Waals surface area contributed by atoms with Crippen LogP contribution >= 0.6 is 11.6 Å². The number of hydrogen-bond donors (Lipinski definition) is 1. The van der Waals surface area contributed by atoms with Crippen LogP contribution in [0.3, 0.4) is 0 Å². The first-order valence-corrected chi connectivity index (χ1v) is 12.6. The number of aromatic nitrogens is 1. The third kappa shape index (κ3) is 6.26. The summed E-state index contributed by atoms with van der Waals surface area (Å²) in [6.45, 7) is 5.24. The van der Waals surface area contributed by atoms with Crippen molar-refractivity contribution in [2.75, 3.05) is 19.5 Å². The molecule has 1 unspecified atom stereocenters. The van der Waals surface area contributed by atoms with Gasteiger partial charge in [0.25, 0.3) is 5.91 Å². The van der Waals surface area contributed by atoms with Gasteiger partial charge in [-0.05, 0) is 36.4 Å². The second-order valence-electron chi connectivity index (χ2n) is 9.90. The molecule has 0 aliphatic rings. The molecule has 1 heterocycles. The van der Waals surface area contributed by atoms with E-state index in [9.17, 15) is 9.59 Å². The highest BCUT2D eigenvalue weighted by Gasteiger charge is 2.36. The summed E-state index contributed by atoms with van der Waals surface area (Å²) in [5, 5.41) is 3.42. The summed E-state index contributed by atoms with van der Waals surface area (Å²) in [5.41, 5.74) is 0.0932. The Labute approximate surface area is 236 Å². The number of carbonyl (C=O) groups is 2. The molecule has 8 nitrogen and oxygen atoms in total. The van der Waals surface area contributed by atoms with Crippen molar-refractivity contribution in [2.45, 2.75) is 26.9 Å². The number of nitrogens with zero attached hydrogens (tertiary/aromatic N) is 1. The first kappa shape index (κ1) is 28.6. The minimum atomic E-state index is -1.19. The summed E-state index contributed by atoms with van der Waals surface area (Å²) in [7, 11) is 3.03. The molecule has 0 saturated carbocycles. The zero-order valence-electron chi connectivity index (χ0n) is 22.6. The molecule has 0 radical (unpaired) electrons. The lowest BCUT2D eigenvalue weighted by molar-refractivity contribution is -0.130. The third-order valence-corrected chi connectivity index (χ3v) is 6.30. The Morgan fingerprint density at radius 2 is 1.62 bits per heavy atom. The number of carbonyl (C=O) groups excluding carboxylic acids is 2. The molecule has 1 aromatic heterocycles. The number of pyridine rings is 1. The van der Waals surface area contributed by atoms with E-state index in [1.165, 1.54) is 38.6 Å². The van der Waals surface area contributed by atoms with Crippen molar-refractivity contribution < 1.29 is 32.9 Å². The van der Waals surface area contributed by atoms with Crippen LogP contribution in [-0.4, -0.2) is 37.2 Å². The summed E-state index contributed by atoms with van der Waals surface area (Å²) in [4.78, 5) is 30.2. The van der Waals surface area contributed by atoms with Crippen LogP contribution in [-0.2, 0) is 9.53 Å². The van der Waals surface area contributed by atoms with Gasteiger partial charge in [-0.15, -0.1) is 0 Å². The van der Waals surface area contributed by atoms with Gasteiger partial charge < -0.3 is 24.3 Å². The molecule has 40 heavy (non-hydrogen) atoms. The fraction of sp³-hybridized carbons (Fsp3) is 0.233. The van der Waals surface area contributed by atoms with Crippen molar-refractivity contribution in [3.63, 3.8) is 0 Å². The largest absolute Gasteiger partial charge is 0.493 e. The summed E-state index contributed by atoms with van der Waals surface area (Å²) >= 11 is 6.11. The smallest absolute Gasteiger partial charge is 0.340 e. The van der Waals surface area contributed by atoms with Crippen molar-refractivity contribution in [3.05, 3.63) is 83.3 Å². The fourth-order valence-electron chi connectivity index (χ4n) is 3.94. The Kier molecular flexibility index (Phi) is 8.44. The van der Waals surface area contributed by atoms with Gasteiger partial charge in [0.15, 0.2) is 29.2 Å². The second kappa shape index (κ2) is 11.8. The molecular formula is C30H28ClFN2O6. The van der Waals surface area contributed by atoms with Crippen molar-refractivity contribution in [2.24, 2.45) is 5.41 Å². The number of esters is 1. The Bertz CT molecular complexity index is 1570. The number of nitrogens with one attached hydrogen (secondary N) is 1. The predicted molar refractivity (Wildman–Crippen MR) is 150 cm³/mol. The molecular weight excluding hydrogens is 539 g/mol. The van der Waals surface area contributed by atoms with E-state index in [-0.39, 0.29) is 22.0 Å². The molecule has 0 aliphatic carbocycles. The molecule has 1 amide bonds. The zero-order valence-corrected chi connectivity index (χ0v) is 23.3. The predicted octanol–water partition coefficient (Wildman–Crippen LogP) is 7.05. The van der Waals surface area contributed by atoms with E-state index in [4.69, 9.17) is 30.5 Å². The lowest BCUT2D eigenvalue weighted by atomic mass is 9.88. The average molecular weight is 567 g/mol. The van der Waals surface area contributed by atoms with Gasteiger partial charge in [-0.25, -0.2) is 9.18 Å². The highest BCUT2D eigenvalue weighted by molar-refractivity contribution is 6.33. The molecule has 208 valence electrons. The van der Waals surface area contributed by atoms with Crippen molar-refractivity contribution >= 4 is 40.1 Å². The number of methoxy groups -OCH3 is 2. The normalized spacial score (nSPS) is 12.0. The number of rotatable bonds is 8. The maximum Gasteiger partial charge on any atom is 0.340 e. The van der Waals surface area contributed by atoms with Crippen LogP contribution in [0.25, 0.3) is 10.9 Å². The fourth-order valence-corrected chi connectivity index (χ4v) is 4.16. The van der Waals surface area contributed by atoms with Crippen molar-refractivity contribution in [1.82, 2.24) is 4.98 Å². The number of fused-ring (bicyclic) bond motifs is 1. The first-order chi connectivity index (χ1) is 19.0. The Morgan fingerprint density at radius 3 is 2.27 bits per heavy atom. The van der Waals surface area contributed by atoms with Gasteiger partial charge in [0.2, 0.25) is 0 Å². The van der Waals surface area contributed by atoms with E-state index in [1.807, 2.05) is 0 Å². The van der Waals surface area contributed by atoms with Crippen LogP contribution in [0.4, 0.5) is 10.1 Å². The standard InChI is InChI=1S/C30H28ClFN2O6/c1-30(2,3)27(40-29(36)18-8-6-7-9-20(18)31)28(35)34-17-10-11-24(21(32)14-17)39-23-12-13-33-22-16-26(38-5)25(37-4)15-19(22)23/h6-16,27H,1-5H3,(H,34,35). The number of halogens is 2. The maximum absolute atomic E-state index is 15.1. The van der Waals surface area contributed by atoms with E-state index >= 15 is 4.39 Å². The maximum atomic E-state index is 15.1. The van der Waals surface area contributed by atoms with Gasteiger partial charge in [-0.2, -0.15) is 0 Å². The highest BCUT2D eigenvalue weighted by Crippen LogP contribution is 2.37. The summed E-state index contributed by atoms with van der Waals surface area (Å²) < 4.78 is 37.2. The second-order valence-corrected chi connectivity index (χ2v) is 10.3. The van der Waals surface area contributed by atoms with E-state index in [1.54, 1.807) is 57.2 Å². The Hall–Kier alpha value is -4.37. The molecule has 0 bridgehead atoms. The lowest BCUT2D eigenvalue weighted by Gasteiger charge is -2.29. The molecule has 0 saturated heterocycles. The number of ether oxygens (including phenoxy) is 4. The van der Waals surface area contributed by atoms with Crippen LogP contribution in [0.5, 0.6) is 23.0 Å². The minimum Gasteiger partial charge on any atom is -0.493 e. The van der Waals surface area contributed by atoms with Gasteiger partial charge in [-0.3, -0.25) is 9.78 Å².